The SMILES string of the molecule is Cc1ccccc1NC(=O)Cc1csc(-n2nc(C)c(Cc3ccc(Cl)cc3)c2C)n1. The molecule has 5 nitrogen and oxygen atoms in total. The van der Waals surface area contributed by atoms with Crippen molar-refractivity contribution in [3.8, 4) is 5.13 Å². The third-order valence-corrected chi connectivity index (χ3v) is 6.33. The molecular formula is C24H23ClN4OS. The average molecular weight is 451 g/mol. The van der Waals surface area contributed by atoms with Crippen LogP contribution in [0.3, 0.4) is 0 Å². The molecular weight excluding hydrogens is 428 g/mol. The van der Waals surface area contributed by atoms with Crippen LogP contribution in [0.2, 0.25) is 5.02 Å². The number of thiazole rings is 1. The highest BCUT2D eigenvalue weighted by Gasteiger charge is 2.16. The van der Waals surface area contributed by atoms with E-state index in [2.05, 4.69) is 17.2 Å². The van der Waals surface area contributed by atoms with Crippen molar-refractivity contribution >= 4 is 34.5 Å². The van der Waals surface area contributed by atoms with Gasteiger partial charge in [-0.1, -0.05) is 41.9 Å². The second-order valence-corrected chi connectivity index (χ2v) is 8.80. The minimum Gasteiger partial charge on any atom is -0.326 e. The van der Waals surface area contributed by atoms with Gasteiger partial charge >= 0.3 is 0 Å². The molecule has 0 aliphatic rings. The van der Waals surface area contributed by atoms with Gasteiger partial charge in [-0.25, -0.2) is 9.67 Å². The molecule has 0 bridgehead atoms. The fourth-order valence-electron chi connectivity index (χ4n) is 3.47. The van der Waals surface area contributed by atoms with E-state index in [-0.39, 0.29) is 12.3 Å². The minimum absolute atomic E-state index is 0.0806. The van der Waals surface area contributed by atoms with Gasteiger partial charge in [0.1, 0.15) is 0 Å². The molecule has 0 saturated heterocycles. The van der Waals surface area contributed by atoms with Crippen molar-refractivity contribution in [1.29, 1.82) is 0 Å². The molecule has 4 aromatic rings. The number of carbonyl (C=O) groups is 1. The maximum atomic E-state index is 12.5. The van der Waals surface area contributed by atoms with Crippen LogP contribution in [-0.4, -0.2) is 20.7 Å². The molecule has 0 aliphatic heterocycles. The van der Waals surface area contributed by atoms with E-state index >= 15 is 0 Å². The fraction of sp³-hybridized carbons (Fsp3) is 0.208. The van der Waals surface area contributed by atoms with Gasteiger partial charge in [-0.2, -0.15) is 5.10 Å². The molecule has 2 heterocycles. The Hall–Kier alpha value is -2.96. The number of anilines is 1. The molecule has 0 radical (unpaired) electrons. The van der Waals surface area contributed by atoms with Gasteiger partial charge in [0, 0.05) is 33.8 Å². The normalized spacial score (nSPS) is 11.0. The molecule has 0 atom stereocenters. The summed E-state index contributed by atoms with van der Waals surface area (Å²) >= 11 is 7.49. The summed E-state index contributed by atoms with van der Waals surface area (Å²) in [6.45, 7) is 6.04. The monoisotopic (exact) mass is 450 g/mol. The molecule has 0 saturated carbocycles. The van der Waals surface area contributed by atoms with Crippen molar-refractivity contribution in [2.75, 3.05) is 5.32 Å². The number of hydrogen-bond acceptors (Lipinski definition) is 4. The first-order valence-electron chi connectivity index (χ1n) is 10.0. The second kappa shape index (κ2) is 9.04. The molecule has 2 aromatic carbocycles. The molecule has 0 aliphatic carbocycles. The Morgan fingerprint density at radius 1 is 1.10 bits per heavy atom. The van der Waals surface area contributed by atoms with Crippen LogP contribution in [0.5, 0.6) is 0 Å². The lowest BCUT2D eigenvalue weighted by Crippen LogP contribution is -2.15. The predicted octanol–water partition coefficient (Wildman–Crippen LogP) is 5.68. The third kappa shape index (κ3) is 4.86. The summed E-state index contributed by atoms with van der Waals surface area (Å²) in [4.78, 5) is 17.1. The molecule has 0 unspecified atom stereocenters. The standard InChI is InChI=1S/C24H23ClN4OS/c1-15-6-4-5-7-22(15)27-23(30)13-20-14-31-24(26-20)29-17(3)21(16(2)28-29)12-18-8-10-19(25)11-9-18/h4-11,14H,12-13H2,1-3H3,(H,27,30). The topological polar surface area (TPSA) is 59.8 Å². The van der Waals surface area contributed by atoms with Crippen LogP contribution in [0, 0.1) is 20.8 Å². The lowest BCUT2D eigenvalue weighted by atomic mass is 10.0. The van der Waals surface area contributed by atoms with E-state index in [0.29, 0.717) is 0 Å². The van der Waals surface area contributed by atoms with Crippen LogP contribution in [0.1, 0.15) is 33.8 Å². The quantitative estimate of drug-likeness (QED) is 0.411. The van der Waals surface area contributed by atoms with E-state index < -0.39 is 0 Å². The number of rotatable bonds is 6. The van der Waals surface area contributed by atoms with Gasteiger partial charge in [0.15, 0.2) is 0 Å². The molecule has 7 heteroatoms. The highest BCUT2D eigenvalue weighted by Crippen LogP contribution is 2.24. The van der Waals surface area contributed by atoms with E-state index in [1.807, 2.05) is 72.4 Å². The number of carbonyl (C=O) groups excluding carboxylic acids is 1. The number of benzene rings is 2. The van der Waals surface area contributed by atoms with Crippen LogP contribution in [0.25, 0.3) is 5.13 Å². The summed E-state index contributed by atoms with van der Waals surface area (Å²) in [7, 11) is 0. The van der Waals surface area contributed by atoms with E-state index in [1.165, 1.54) is 22.5 Å². The minimum atomic E-state index is -0.0806. The van der Waals surface area contributed by atoms with Gasteiger partial charge in [-0.3, -0.25) is 4.79 Å². The van der Waals surface area contributed by atoms with Crippen LogP contribution < -0.4 is 5.32 Å². The molecule has 0 spiro atoms. The summed E-state index contributed by atoms with van der Waals surface area (Å²) in [6, 6.07) is 15.6. The number of aromatic nitrogens is 3. The number of nitrogens with one attached hydrogen (secondary N) is 1. The first kappa shape index (κ1) is 21.3. The van der Waals surface area contributed by atoms with Crippen molar-refractivity contribution in [1.82, 2.24) is 14.8 Å². The Labute approximate surface area is 190 Å². The number of hydrogen-bond donors (Lipinski definition) is 1. The smallest absolute Gasteiger partial charge is 0.230 e. The van der Waals surface area contributed by atoms with Crippen molar-refractivity contribution in [2.24, 2.45) is 0 Å². The molecule has 31 heavy (non-hydrogen) atoms. The van der Waals surface area contributed by atoms with E-state index in [0.717, 1.165) is 44.9 Å². The highest BCUT2D eigenvalue weighted by molar-refractivity contribution is 7.12. The molecule has 4 rings (SSSR count). The van der Waals surface area contributed by atoms with Crippen molar-refractivity contribution < 1.29 is 4.79 Å². The number of para-hydroxylation sites is 1. The van der Waals surface area contributed by atoms with Gasteiger partial charge in [0.05, 0.1) is 17.8 Å². The Morgan fingerprint density at radius 2 is 1.84 bits per heavy atom. The largest absolute Gasteiger partial charge is 0.326 e. The Kier molecular flexibility index (Phi) is 6.20. The zero-order chi connectivity index (χ0) is 22.0. The highest BCUT2D eigenvalue weighted by atomic mass is 35.5. The van der Waals surface area contributed by atoms with Crippen LogP contribution in [-0.2, 0) is 17.6 Å². The molecule has 1 N–H and O–H groups in total. The van der Waals surface area contributed by atoms with Crippen molar-refractivity contribution in [3.05, 3.63) is 92.7 Å². The van der Waals surface area contributed by atoms with Gasteiger partial charge in [-0.05, 0) is 50.1 Å². The zero-order valence-electron chi connectivity index (χ0n) is 17.6. The average Bonchev–Trinajstić information content (AvgIpc) is 3.30. The van der Waals surface area contributed by atoms with Crippen LogP contribution >= 0.6 is 22.9 Å². The first-order chi connectivity index (χ1) is 14.9. The third-order valence-electron chi connectivity index (χ3n) is 5.22. The number of nitrogens with zero attached hydrogens (tertiary/aromatic N) is 3. The van der Waals surface area contributed by atoms with Gasteiger partial charge in [-0.15, -0.1) is 11.3 Å². The van der Waals surface area contributed by atoms with Gasteiger partial charge in [0.2, 0.25) is 11.0 Å². The predicted molar refractivity (Wildman–Crippen MR) is 126 cm³/mol. The summed E-state index contributed by atoms with van der Waals surface area (Å²) in [5, 5.41) is 11.1. The lowest BCUT2D eigenvalue weighted by Gasteiger charge is -2.07. The summed E-state index contributed by atoms with van der Waals surface area (Å²) in [6.07, 6.45) is 1.01. The Balaban J connectivity index is 1.49. The maximum absolute atomic E-state index is 12.5. The number of halogens is 1. The van der Waals surface area contributed by atoms with Gasteiger partial charge < -0.3 is 5.32 Å². The fourth-order valence-corrected chi connectivity index (χ4v) is 4.42. The Morgan fingerprint density at radius 3 is 2.58 bits per heavy atom. The lowest BCUT2D eigenvalue weighted by molar-refractivity contribution is -0.115. The van der Waals surface area contributed by atoms with E-state index in [9.17, 15) is 4.79 Å². The summed E-state index contributed by atoms with van der Waals surface area (Å²) in [5.74, 6) is -0.0806. The molecule has 158 valence electrons. The van der Waals surface area contributed by atoms with E-state index in [1.54, 1.807) is 0 Å². The van der Waals surface area contributed by atoms with Gasteiger partial charge in [0.25, 0.3) is 0 Å². The van der Waals surface area contributed by atoms with Crippen molar-refractivity contribution in [3.63, 3.8) is 0 Å². The molecule has 1 amide bonds. The first-order valence-corrected chi connectivity index (χ1v) is 11.3. The van der Waals surface area contributed by atoms with Crippen LogP contribution in [0.15, 0.2) is 53.9 Å². The summed E-state index contributed by atoms with van der Waals surface area (Å²) < 4.78 is 1.87. The number of aryl methyl sites for hydroxylation is 2. The van der Waals surface area contributed by atoms with E-state index in [4.69, 9.17) is 16.7 Å². The molecule has 0 fully saturated rings. The molecule has 2 aromatic heterocycles. The van der Waals surface area contributed by atoms with Crippen LogP contribution in [0.4, 0.5) is 5.69 Å². The Bertz CT molecular complexity index is 1230. The summed E-state index contributed by atoms with van der Waals surface area (Å²) in [5.41, 5.74) is 6.98. The second-order valence-electron chi connectivity index (χ2n) is 7.53. The maximum Gasteiger partial charge on any atom is 0.230 e. The zero-order valence-corrected chi connectivity index (χ0v) is 19.2. The number of amides is 1. The van der Waals surface area contributed by atoms with Crippen molar-refractivity contribution in [2.45, 2.75) is 33.6 Å².